The third-order valence-corrected chi connectivity index (χ3v) is 3.65. The fraction of sp³-hybridized carbons (Fsp3) is 0.231. The van der Waals surface area contributed by atoms with Gasteiger partial charge in [-0.1, -0.05) is 17.7 Å². The Morgan fingerprint density at radius 3 is 2.83 bits per heavy atom. The summed E-state index contributed by atoms with van der Waals surface area (Å²) in [6.45, 7) is 3.46. The van der Waals surface area contributed by atoms with Gasteiger partial charge in [0.2, 0.25) is 0 Å². The zero-order valence-corrected chi connectivity index (χ0v) is 12.4. The maximum Gasteiger partial charge on any atom is 0.134 e. The van der Waals surface area contributed by atoms with Gasteiger partial charge in [0.05, 0.1) is 11.4 Å². The van der Waals surface area contributed by atoms with Gasteiger partial charge in [-0.25, -0.2) is 4.68 Å². The van der Waals surface area contributed by atoms with Gasteiger partial charge in [-0.3, -0.25) is 4.79 Å². The summed E-state index contributed by atoms with van der Waals surface area (Å²) in [6, 6.07) is 7.43. The molecule has 18 heavy (non-hydrogen) atoms. The summed E-state index contributed by atoms with van der Waals surface area (Å²) in [4.78, 5) is 11.2. The van der Waals surface area contributed by atoms with Gasteiger partial charge < -0.3 is 0 Å². The maximum atomic E-state index is 11.2. The topological polar surface area (TPSA) is 34.9 Å². The molecule has 5 heteroatoms. The number of benzene rings is 1. The SMILES string of the molecule is CC(=O)Cc1c(C)nn(-c2cccc(Cl)c2)c1Br. The number of rotatable bonds is 3. The minimum absolute atomic E-state index is 0.115. The number of carbonyl (C=O) groups is 1. The Balaban J connectivity index is 2.50. The lowest BCUT2D eigenvalue weighted by molar-refractivity contribution is -0.116. The summed E-state index contributed by atoms with van der Waals surface area (Å²) in [5.74, 6) is 0.115. The largest absolute Gasteiger partial charge is 0.300 e. The van der Waals surface area contributed by atoms with Gasteiger partial charge in [0, 0.05) is 17.0 Å². The first kappa shape index (κ1) is 13.3. The van der Waals surface area contributed by atoms with Crippen LogP contribution in [0.25, 0.3) is 5.69 Å². The molecule has 94 valence electrons. The second kappa shape index (κ2) is 5.24. The number of carbonyl (C=O) groups excluding carboxylic acids is 1. The summed E-state index contributed by atoms with van der Waals surface area (Å²) < 4.78 is 2.55. The Morgan fingerprint density at radius 2 is 2.22 bits per heavy atom. The monoisotopic (exact) mass is 326 g/mol. The Labute approximate surface area is 119 Å². The number of halogens is 2. The Hall–Kier alpha value is -1.13. The molecule has 0 aliphatic rings. The number of nitrogens with zero attached hydrogens (tertiary/aromatic N) is 2. The molecular formula is C13H12BrClN2O. The van der Waals surface area contributed by atoms with Crippen LogP contribution >= 0.6 is 27.5 Å². The van der Waals surface area contributed by atoms with E-state index >= 15 is 0 Å². The summed E-state index contributed by atoms with van der Waals surface area (Å²) >= 11 is 9.46. The van der Waals surface area contributed by atoms with Crippen molar-refractivity contribution in [2.75, 3.05) is 0 Å². The lowest BCUT2D eigenvalue weighted by Gasteiger charge is -2.04. The molecule has 0 amide bonds. The van der Waals surface area contributed by atoms with E-state index in [4.69, 9.17) is 11.6 Å². The van der Waals surface area contributed by atoms with Crippen LogP contribution in [0, 0.1) is 6.92 Å². The molecule has 1 aromatic heterocycles. The highest BCUT2D eigenvalue weighted by Crippen LogP contribution is 2.25. The minimum Gasteiger partial charge on any atom is -0.300 e. The molecule has 0 aliphatic heterocycles. The minimum atomic E-state index is 0.115. The molecule has 0 saturated heterocycles. The van der Waals surface area contributed by atoms with Crippen molar-refractivity contribution in [3.63, 3.8) is 0 Å². The van der Waals surface area contributed by atoms with Crippen LogP contribution in [0.1, 0.15) is 18.2 Å². The first-order valence-corrected chi connectivity index (χ1v) is 6.65. The second-order valence-corrected chi connectivity index (χ2v) is 5.31. The first-order chi connectivity index (χ1) is 8.49. The van der Waals surface area contributed by atoms with Crippen molar-refractivity contribution in [3.05, 3.63) is 45.1 Å². The van der Waals surface area contributed by atoms with Gasteiger partial charge in [0.1, 0.15) is 10.4 Å². The van der Waals surface area contributed by atoms with Crippen molar-refractivity contribution >= 4 is 33.3 Å². The molecule has 0 spiro atoms. The summed E-state index contributed by atoms with van der Waals surface area (Å²) in [5.41, 5.74) is 2.63. The molecule has 2 rings (SSSR count). The zero-order valence-electron chi connectivity index (χ0n) is 10.1. The molecule has 0 radical (unpaired) electrons. The zero-order chi connectivity index (χ0) is 13.3. The summed E-state index contributed by atoms with van der Waals surface area (Å²) in [7, 11) is 0. The van der Waals surface area contributed by atoms with Crippen LogP contribution in [0.3, 0.4) is 0 Å². The van der Waals surface area contributed by atoms with Crippen LogP contribution in [0.15, 0.2) is 28.9 Å². The molecule has 0 saturated carbocycles. The highest BCUT2D eigenvalue weighted by atomic mass is 79.9. The van der Waals surface area contributed by atoms with Crippen molar-refractivity contribution < 1.29 is 4.79 Å². The van der Waals surface area contributed by atoms with Crippen molar-refractivity contribution in [2.24, 2.45) is 0 Å². The van der Waals surface area contributed by atoms with Crippen molar-refractivity contribution in [3.8, 4) is 5.69 Å². The quantitative estimate of drug-likeness (QED) is 0.861. The smallest absolute Gasteiger partial charge is 0.134 e. The van der Waals surface area contributed by atoms with E-state index < -0.39 is 0 Å². The molecule has 0 fully saturated rings. The number of Topliss-reactive ketones (excluding diaryl/α,β-unsaturated/α-hetero) is 1. The molecule has 1 heterocycles. The van der Waals surface area contributed by atoms with Crippen molar-refractivity contribution in [1.82, 2.24) is 9.78 Å². The van der Waals surface area contributed by atoms with E-state index in [1.807, 2.05) is 31.2 Å². The van der Waals surface area contributed by atoms with Crippen LogP contribution in [0.5, 0.6) is 0 Å². The highest BCUT2D eigenvalue weighted by molar-refractivity contribution is 9.10. The maximum absolute atomic E-state index is 11.2. The molecule has 0 aliphatic carbocycles. The molecule has 2 aromatic rings. The van der Waals surface area contributed by atoms with E-state index in [2.05, 4.69) is 21.0 Å². The predicted molar refractivity (Wildman–Crippen MR) is 75.4 cm³/mol. The van der Waals surface area contributed by atoms with E-state index in [0.29, 0.717) is 11.4 Å². The Morgan fingerprint density at radius 1 is 1.50 bits per heavy atom. The summed E-state index contributed by atoms with van der Waals surface area (Å²) in [6.07, 6.45) is 0.382. The fourth-order valence-corrected chi connectivity index (χ4v) is 2.66. The molecule has 0 bridgehead atoms. The molecule has 0 unspecified atom stereocenters. The summed E-state index contributed by atoms with van der Waals surface area (Å²) in [5, 5.41) is 5.09. The van der Waals surface area contributed by atoms with E-state index in [-0.39, 0.29) is 5.78 Å². The molecule has 1 aromatic carbocycles. The van der Waals surface area contributed by atoms with Crippen LogP contribution in [0.4, 0.5) is 0 Å². The lowest BCUT2D eigenvalue weighted by atomic mass is 10.1. The average Bonchev–Trinajstić information content (AvgIpc) is 2.56. The van der Waals surface area contributed by atoms with E-state index in [9.17, 15) is 4.79 Å². The van der Waals surface area contributed by atoms with Gasteiger partial charge in [0.15, 0.2) is 0 Å². The number of hydrogen-bond donors (Lipinski definition) is 0. The standard InChI is InChI=1S/C13H12BrClN2O/c1-8(18)6-12-9(2)16-17(13(12)14)11-5-3-4-10(15)7-11/h3-5,7H,6H2,1-2H3. The normalized spacial score (nSPS) is 10.7. The van der Waals surface area contributed by atoms with Crippen LogP contribution in [-0.2, 0) is 11.2 Å². The van der Waals surface area contributed by atoms with Gasteiger partial charge >= 0.3 is 0 Å². The van der Waals surface area contributed by atoms with Gasteiger partial charge in [-0.05, 0) is 48.0 Å². The lowest BCUT2D eigenvalue weighted by Crippen LogP contribution is -1.99. The van der Waals surface area contributed by atoms with Crippen molar-refractivity contribution in [2.45, 2.75) is 20.3 Å². The number of ketones is 1. The molecule has 0 atom stereocenters. The number of aryl methyl sites for hydroxylation is 1. The van der Waals surface area contributed by atoms with Crippen LogP contribution < -0.4 is 0 Å². The Kier molecular flexibility index (Phi) is 3.88. The Bertz CT molecular complexity index is 607. The van der Waals surface area contributed by atoms with E-state index in [0.717, 1.165) is 21.5 Å². The number of aromatic nitrogens is 2. The third kappa shape index (κ3) is 2.65. The van der Waals surface area contributed by atoms with Crippen LogP contribution in [0.2, 0.25) is 5.02 Å². The highest BCUT2D eigenvalue weighted by Gasteiger charge is 2.15. The van der Waals surface area contributed by atoms with E-state index in [1.165, 1.54) is 0 Å². The van der Waals surface area contributed by atoms with Gasteiger partial charge in [-0.15, -0.1) is 0 Å². The second-order valence-electron chi connectivity index (χ2n) is 4.13. The van der Waals surface area contributed by atoms with Gasteiger partial charge in [0.25, 0.3) is 0 Å². The fourth-order valence-electron chi connectivity index (χ4n) is 1.76. The van der Waals surface area contributed by atoms with Crippen molar-refractivity contribution in [1.29, 1.82) is 0 Å². The third-order valence-electron chi connectivity index (χ3n) is 2.60. The first-order valence-electron chi connectivity index (χ1n) is 5.48. The molecule has 0 N–H and O–H groups in total. The molecule has 3 nitrogen and oxygen atoms in total. The average molecular weight is 328 g/mol. The predicted octanol–water partition coefficient (Wildman–Crippen LogP) is 3.73. The van der Waals surface area contributed by atoms with E-state index in [1.54, 1.807) is 11.6 Å². The molecular weight excluding hydrogens is 316 g/mol. The van der Waals surface area contributed by atoms with Crippen LogP contribution in [-0.4, -0.2) is 15.6 Å². The number of hydrogen-bond acceptors (Lipinski definition) is 2. The van der Waals surface area contributed by atoms with Gasteiger partial charge in [-0.2, -0.15) is 5.10 Å².